The van der Waals surface area contributed by atoms with Gasteiger partial charge in [0.25, 0.3) is 0 Å². The van der Waals surface area contributed by atoms with Gasteiger partial charge in [0, 0.05) is 21.8 Å². The molecule has 0 aliphatic rings. The molecule has 0 spiro atoms. The summed E-state index contributed by atoms with van der Waals surface area (Å²) < 4.78 is 5.40. The highest BCUT2D eigenvalue weighted by molar-refractivity contribution is 6.31. The summed E-state index contributed by atoms with van der Waals surface area (Å²) in [4.78, 5) is 0. The van der Waals surface area contributed by atoms with Crippen molar-refractivity contribution >= 4 is 17.4 Å². The molecule has 3 aromatic rings. The van der Waals surface area contributed by atoms with Crippen molar-refractivity contribution in [2.24, 2.45) is 0 Å². The smallest absolute Gasteiger partial charge is 0.153 e. The van der Waals surface area contributed by atoms with Crippen LogP contribution in [0.1, 0.15) is 5.69 Å². The Labute approximate surface area is 126 Å². The third kappa shape index (κ3) is 2.23. The van der Waals surface area contributed by atoms with Gasteiger partial charge in [-0.3, -0.25) is 10.2 Å². The average Bonchev–Trinajstić information content (AvgIpc) is 3.04. The summed E-state index contributed by atoms with van der Waals surface area (Å²) in [6.45, 7) is 1.93. The van der Waals surface area contributed by atoms with Gasteiger partial charge in [-0.05, 0) is 25.1 Å². The lowest BCUT2D eigenvalue weighted by Gasteiger charge is -2.10. The molecule has 0 bridgehead atoms. The van der Waals surface area contributed by atoms with Crippen LogP contribution in [0.2, 0.25) is 5.02 Å². The number of rotatable bonds is 3. The van der Waals surface area contributed by atoms with Crippen molar-refractivity contribution in [2.75, 3.05) is 12.8 Å². The zero-order valence-electron chi connectivity index (χ0n) is 11.6. The predicted octanol–water partition coefficient (Wildman–Crippen LogP) is 3.02. The van der Waals surface area contributed by atoms with Crippen LogP contribution in [-0.2, 0) is 0 Å². The molecule has 0 radical (unpaired) electrons. The monoisotopic (exact) mass is 303 g/mol. The number of methoxy groups -OCH3 is 1. The molecule has 2 aromatic heterocycles. The topological polar surface area (TPSA) is 92.6 Å². The molecule has 0 unspecified atom stereocenters. The first-order valence-electron chi connectivity index (χ1n) is 6.30. The summed E-state index contributed by atoms with van der Waals surface area (Å²) in [5.41, 5.74) is 10.2. The van der Waals surface area contributed by atoms with Crippen LogP contribution in [0.3, 0.4) is 0 Å². The van der Waals surface area contributed by atoms with Gasteiger partial charge in [-0.15, -0.1) is 0 Å². The second-order valence-corrected chi connectivity index (χ2v) is 5.05. The first-order valence-corrected chi connectivity index (χ1v) is 6.67. The fourth-order valence-corrected chi connectivity index (χ4v) is 2.47. The number of halogens is 1. The van der Waals surface area contributed by atoms with Crippen LogP contribution >= 0.6 is 11.6 Å². The van der Waals surface area contributed by atoms with E-state index in [2.05, 4.69) is 20.4 Å². The number of hydrogen-bond acceptors (Lipinski definition) is 4. The maximum atomic E-state index is 6.11. The number of aromatic amines is 2. The van der Waals surface area contributed by atoms with Gasteiger partial charge in [0.05, 0.1) is 24.6 Å². The van der Waals surface area contributed by atoms with E-state index in [1.165, 1.54) is 0 Å². The molecule has 0 aliphatic heterocycles. The third-order valence-electron chi connectivity index (χ3n) is 3.32. The lowest BCUT2D eigenvalue weighted by atomic mass is 10.0. The molecule has 108 valence electrons. The Bertz CT molecular complexity index is 793. The second-order valence-electron chi connectivity index (χ2n) is 4.61. The molecule has 21 heavy (non-hydrogen) atoms. The van der Waals surface area contributed by atoms with Crippen molar-refractivity contribution in [3.05, 3.63) is 35.1 Å². The number of ether oxygens (including phenoxy) is 1. The minimum Gasteiger partial charge on any atom is -0.496 e. The fourth-order valence-electron chi connectivity index (χ4n) is 2.30. The van der Waals surface area contributed by atoms with Crippen molar-refractivity contribution < 1.29 is 4.74 Å². The van der Waals surface area contributed by atoms with Crippen LogP contribution in [0.5, 0.6) is 5.75 Å². The number of nitrogen functional groups attached to an aromatic ring is 1. The highest BCUT2D eigenvalue weighted by atomic mass is 35.5. The molecule has 0 saturated carbocycles. The molecule has 0 amide bonds. The van der Waals surface area contributed by atoms with Crippen LogP contribution in [0.15, 0.2) is 24.4 Å². The normalized spacial score (nSPS) is 10.8. The van der Waals surface area contributed by atoms with E-state index in [0.717, 1.165) is 28.1 Å². The van der Waals surface area contributed by atoms with E-state index in [-0.39, 0.29) is 0 Å². The van der Waals surface area contributed by atoms with Crippen molar-refractivity contribution in [1.29, 1.82) is 0 Å². The Morgan fingerprint density at radius 3 is 2.71 bits per heavy atom. The minimum atomic E-state index is 0.381. The number of nitrogens with two attached hydrogens (primary N) is 1. The van der Waals surface area contributed by atoms with Crippen LogP contribution in [0.4, 0.5) is 5.82 Å². The van der Waals surface area contributed by atoms with Crippen LogP contribution in [0.25, 0.3) is 22.4 Å². The van der Waals surface area contributed by atoms with Gasteiger partial charge in [-0.2, -0.15) is 10.2 Å². The number of anilines is 1. The molecule has 2 heterocycles. The molecule has 6 nitrogen and oxygen atoms in total. The van der Waals surface area contributed by atoms with Crippen molar-refractivity contribution in [1.82, 2.24) is 20.4 Å². The van der Waals surface area contributed by atoms with E-state index in [9.17, 15) is 0 Å². The number of benzene rings is 1. The summed E-state index contributed by atoms with van der Waals surface area (Å²) in [5, 5.41) is 14.6. The maximum Gasteiger partial charge on any atom is 0.153 e. The van der Waals surface area contributed by atoms with Gasteiger partial charge in [0.15, 0.2) is 5.82 Å². The van der Waals surface area contributed by atoms with Gasteiger partial charge in [0.2, 0.25) is 0 Å². The van der Waals surface area contributed by atoms with Gasteiger partial charge >= 0.3 is 0 Å². The Morgan fingerprint density at radius 2 is 2.05 bits per heavy atom. The molecule has 0 atom stereocenters. The second kappa shape index (κ2) is 5.14. The molecular weight excluding hydrogens is 290 g/mol. The lowest BCUT2D eigenvalue weighted by molar-refractivity contribution is 0.416. The number of H-pyrrole nitrogens is 2. The quantitative estimate of drug-likeness (QED) is 0.693. The summed E-state index contributed by atoms with van der Waals surface area (Å²) in [5.74, 6) is 1.06. The van der Waals surface area contributed by atoms with E-state index in [0.29, 0.717) is 16.6 Å². The molecule has 4 N–H and O–H groups in total. The summed E-state index contributed by atoms with van der Waals surface area (Å²) in [6, 6.07) is 5.37. The number of aryl methyl sites for hydroxylation is 1. The fraction of sp³-hybridized carbons (Fsp3) is 0.143. The van der Waals surface area contributed by atoms with Crippen LogP contribution in [-0.4, -0.2) is 27.5 Å². The van der Waals surface area contributed by atoms with Crippen molar-refractivity contribution in [3.63, 3.8) is 0 Å². The molecule has 0 aliphatic carbocycles. The van der Waals surface area contributed by atoms with Gasteiger partial charge in [-0.25, -0.2) is 0 Å². The zero-order chi connectivity index (χ0) is 15.0. The van der Waals surface area contributed by atoms with Gasteiger partial charge < -0.3 is 10.5 Å². The number of nitrogens with zero attached hydrogens (tertiary/aromatic N) is 2. The first-order chi connectivity index (χ1) is 10.1. The van der Waals surface area contributed by atoms with E-state index in [1.54, 1.807) is 31.5 Å². The molecular formula is C14H14ClN5O. The summed E-state index contributed by atoms with van der Waals surface area (Å²) >= 11 is 6.11. The van der Waals surface area contributed by atoms with Crippen LogP contribution < -0.4 is 10.5 Å². The first kappa shape index (κ1) is 13.5. The predicted molar refractivity (Wildman–Crippen MR) is 82.3 cm³/mol. The van der Waals surface area contributed by atoms with E-state index in [1.807, 2.05) is 6.92 Å². The molecule has 1 aromatic carbocycles. The van der Waals surface area contributed by atoms with Crippen molar-refractivity contribution in [3.8, 4) is 28.1 Å². The van der Waals surface area contributed by atoms with E-state index >= 15 is 0 Å². The number of hydrogen-bond donors (Lipinski definition) is 3. The lowest BCUT2D eigenvalue weighted by Crippen LogP contribution is -1.93. The Kier molecular flexibility index (Phi) is 3.31. The van der Waals surface area contributed by atoms with Crippen molar-refractivity contribution in [2.45, 2.75) is 6.92 Å². The molecule has 0 fully saturated rings. The SMILES string of the molecule is COc1ccc(Cl)cc1-c1c(N)n[nH]c1-c1cn[nH]c1C. The average molecular weight is 304 g/mol. The maximum absolute atomic E-state index is 6.11. The Balaban J connectivity index is 2.27. The minimum absolute atomic E-state index is 0.381. The summed E-state index contributed by atoms with van der Waals surface area (Å²) in [6.07, 6.45) is 1.73. The number of nitrogens with one attached hydrogen (secondary N) is 2. The zero-order valence-corrected chi connectivity index (χ0v) is 12.3. The standard InChI is InChI=1S/C14H14ClN5O/c1-7-10(6-17-18-7)13-12(14(16)20-19-13)9-5-8(15)3-4-11(9)21-2/h3-6H,1-2H3,(H,17,18)(H3,16,19,20). The van der Waals surface area contributed by atoms with E-state index in [4.69, 9.17) is 22.1 Å². The highest BCUT2D eigenvalue weighted by Gasteiger charge is 2.20. The van der Waals surface area contributed by atoms with Gasteiger partial charge in [0.1, 0.15) is 5.75 Å². The molecule has 7 heteroatoms. The largest absolute Gasteiger partial charge is 0.496 e. The summed E-state index contributed by atoms with van der Waals surface area (Å²) in [7, 11) is 1.60. The number of aromatic nitrogens is 4. The molecule has 0 saturated heterocycles. The van der Waals surface area contributed by atoms with Gasteiger partial charge in [-0.1, -0.05) is 11.6 Å². The third-order valence-corrected chi connectivity index (χ3v) is 3.56. The van der Waals surface area contributed by atoms with Crippen LogP contribution in [0, 0.1) is 6.92 Å². The Morgan fingerprint density at radius 1 is 1.24 bits per heavy atom. The Hall–Kier alpha value is -2.47. The highest BCUT2D eigenvalue weighted by Crippen LogP contribution is 2.41. The molecule has 3 rings (SSSR count). The van der Waals surface area contributed by atoms with E-state index < -0.39 is 0 Å².